The molecule has 1 fully saturated rings. The molecular weight excluding hydrogens is 274 g/mol. The molecule has 0 aliphatic heterocycles. The molecule has 2 rings (SSSR count). The van der Waals surface area contributed by atoms with Crippen molar-refractivity contribution in [1.82, 2.24) is 4.90 Å². The Morgan fingerprint density at radius 1 is 1.30 bits per heavy atom. The maximum atomic E-state index is 12.4. The molecule has 1 aliphatic rings. The van der Waals surface area contributed by atoms with Crippen LogP contribution in [0, 0.1) is 5.41 Å². The lowest BCUT2D eigenvalue weighted by Gasteiger charge is -2.28. The first-order chi connectivity index (χ1) is 9.51. The van der Waals surface area contributed by atoms with Gasteiger partial charge in [-0.25, -0.2) is 0 Å². The predicted molar refractivity (Wildman–Crippen MR) is 81.2 cm³/mol. The van der Waals surface area contributed by atoms with Crippen molar-refractivity contribution >= 4 is 17.5 Å². The molecule has 0 radical (unpaired) electrons. The Morgan fingerprint density at radius 3 is 2.50 bits per heavy atom. The van der Waals surface area contributed by atoms with Gasteiger partial charge in [0.2, 0.25) is 5.91 Å². The summed E-state index contributed by atoms with van der Waals surface area (Å²) in [7, 11) is 1.86. The van der Waals surface area contributed by atoms with Crippen LogP contribution in [0.1, 0.15) is 32.6 Å². The van der Waals surface area contributed by atoms with E-state index in [9.17, 15) is 4.79 Å². The second kappa shape index (κ2) is 6.49. The van der Waals surface area contributed by atoms with E-state index < -0.39 is 0 Å². The van der Waals surface area contributed by atoms with Gasteiger partial charge in [0.1, 0.15) is 12.4 Å². The van der Waals surface area contributed by atoms with Crippen LogP contribution in [0.15, 0.2) is 24.3 Å². The van der Waals surface area contributed by atoms with Crippen molar-refractivity contribution in [2.75, 3.05) is 20.2 Å². The van der Waals surface area contributed by atoms with Gasteiger partial charge in [-0.05, 0) is 37.1 Å². The summed E-state index contributed by atoms with van der Waals surface area (Å²) in [5.74, 6) is 1.03. The highest BCUT2D eigenvalue weighted by Crippen LogP contribution is 2.38. The molecule has 1 aliphatic carbocycles. The molecule has 0 saturated heterocycles. The summed E-state index contributed by atoms with van der Waals surface area (Å²) in [5.41, 5.74) is -0.158. The number of likely N-dealkylation sites (N-methyl/N-ethyl adjacent to an activating group) is 1. The van der Waals surface area contributed by atoms with E-state index in [4.69, 9.17) is 16.3 Å². The molecule has 20 heavy (non-hydrogen) atoms. The Kier molecular flexibility index (Phi) is 4.92. The zero-order valence-corrected chi connectivity index (χ0v) is 12.9. The molecule has 0 N–H and O–H groups in total. The van der Waals surface area contributed by atoms with Crippen molar-refractivity contribution in [2.24, 2.45) is 5.41 Å². The number of nitrogens with zero attached hydrogens (tertiary/aromatic N) is 1. The number of carbonyl (C=O) groups excluding carboxylic acids is 1. The molecule has 0 heterocycles. The first-order valence-corrected chi connectivity index (χ1v) is 7.53. The van der Waals surface area contributed by atoms with Crippen molar-refractivity contribution in [3.8, 4) is 5.75 Å². The van der Waals surface area contributed by atoms with Gasteiger partial charge in [0.15, 0.2) is 0 Å². The summed E-state index contributed by atoms with van der Waals surface area (Å²) in [4.78, 5) is 14.2. The van der Waals surface area contributed by atoms with Crippen LogP contribution in [0.25, 0.3) is 0 Å². The summed E-state index contributed by atoms with van der Waals surface area (Å²) < 4.78 is 5.62. The van der Waals surface area contributed by atoms with Gasteiger partial charge in [0.25, 0.3) is 0 Å². The predicted octanol–water partition coefficient (Wildman–Crippen LogP) is 3.76. The van der Waals surface area contributed by atoms with Crippen molar-refractivity contribution in [3.63, 3.8) is 0 Å². The van der Waals surface area contributed by atoms with E-state index in [-0.39, 0.29) is 11.3 Å². The number of ether oxygens (including phenoxy) is 1. The topological polar surface area (TPSA) is 29.5 Å². The third kappa shape index (κ3) is 3.66. The average Bonchev–Trinajstić information content (AvgIpc) is 2.88. The fraction of sp³-hybridized carbons (Fsp3) is 0.562. The molecule has 0 spiro atoms. The van der Waals surface area contributed by atoms with Crippen LogP contribution in [0.2, 0.25) is 5.02 Å². The SMILES string of the molecule is CN(CCOc1ccc(Cl)cc1)C(=O)C1(C)CCCC1. The number of benzene rings is 1. The van der Waals surface area contributed by atoms with Crippen molar-refractivity contribution in [3.05, 3.63) is 29.3 Å². The van der Waals surface area contributed by atoms with Crippen LogP contribution in [-0.2, 0) is 4.79 Å². The molecular formula is C16H22ClNO2. The lowest BCUT2D eigenvalue weighted by atomic mass is 9.87. The zero-order chi connectivity index (χ0) is 14.6. The van der Waals surface area contributed by atoms with Gasteiger partial charge < -0.3 is 9.64 Å². The number of halogens is 1. The molecule has 1 saturated carbocycles. The van der Waals surface area contributed by atoms with Crippen molar-refractivity contribution in [1.29, 1.82) is 0 Å². The number of hydrogen-bond donors (Lipinski definition) is 0. The molecule has 1 amide bonds. The zero-order valence-electron chi connectivity index (χ0n) is 12.2. The van der Waals surface area contributed by atoms with Crippen LogP contribution >= 0.6 is 11.6 Å². The van der Waals surface area contributed by atoms with Crippen LogP contribution in [-0.4, -0.2) is 31.0 Å². The largest absolute Gasteiger partial charge is 0.492 e. The smallest absolute Gasteiger partial charge is 0.228 e. The van der Waals surface area contributed by atoms with Crippen molar-refractivity contribution in [2.45, 2.75) is 32.6 Å². The molecule has 1 aromatic rings. The summed E-state index contributed by atoms with van der Waals surface area (Å²) in [6.45, 7) is 3.19. The Morgan fingerprint density at radius 2 is 1.90 bits per heavy atom. The van der Waals surface area contributed by atoms with Crippen molar-refractivity contribution < 1.29 is 9.53 Å². The number of hydrogen-bond acceptors (Lipinski definition) is 2. The van der Waals surface area contributed by atoms with Gasteiger partial charge in [-0.1, -0.05) is 31.4 Å². The first-order valence-electron chi connectivity index (χ1n) is 7.15. The van der Waals surface area contributed by atoms with E-state index in [0.29, 0.717) is 18.2 Å². The number of carbonyl (C=O) groups is 1. The number of amides is 1. The van der Waals surface area contributed by atoms with E-state index in [1.54, 1.807) is 17.0 Å². The third-order valence-electron chi connectivity index (χ3n) is 4.08. The van der Waals surface area contributed by atoms with Crippen LogP contribution in [0.4, 0.5) is 0 Å². The van der Waals surface area contributed by atoms with Gasteiger partial charge in [-0.15, -0.1) is 0 Å². The normalized spacial score (nSPS) is 16.9. The van der Waals surface area contributed by atoms with E-state index in [2.05, 4.69) is 6.92 Å². The molecule has 110 valence electrons. The van der Waals surface area contributed by atoms with Crippen LogP contribution in [0.5, 0.6) is 5.75 Å². The summed E-state index contributed by atoms with van der Waals surface area (Å²) in [6.07, 6.45) is 4.34. The van der Waals surface area contributed by atoms with Gasteiger partial charge in [-0.3, -0.25) is 4.79 Å². The lowest BCUT2D eigenvalue weighted by molar-refractivity contribution is -0.139. The Bertz CT molecular complexity index is 452. The summed E-state index contributed by atoms with van der Waals surface area (Å²) in [5, 5.41) is 0.693. The average molecular weight is 296 g/mol. The second-order valence-corrected chi connectivity index (χ2v) is 6.23. The highest BCUT2D eigenvalue weighted by molar-refractivity contribution is 6.30. The summed E-state index contributed by atoms with van der Waals surface area (Å²) >= 11 is 5.82. The van der Waals surface area contributed by atoms with E-state index >= 15 is 0 Å². The van der Waals surface area contributed by atoms with Gasteiger partial charge in [0.05, 0.1) is 6.54 Å². The monoisotopic (exact) mass is 295 g/mol. The Balaban J connectivity index is 1.78. The second-order valence-electron chi connectivity index (χ2n) is 5.80. The van der Waals surface area contributed by atoms with Gasteiger partial charge in [-0.2, -0.15) is 0 Å². The molecule has 3 nitrogen and oxygen atoms in total. The van der Waals surface area contributed by atoms with Gasteiger partial charge >= 0.3 is 0 Å². The minimum atomic E-state index is -0.158. The lowest BCUT2D eigenvalue weighted by Crippen LogP contribution is -2.40. The van der Waals surface area contributed by atoms with Crippen LogP contribution in [0.3, 0.4) is 0 Å². The highest BCUT2D eigenvalue weighted by atomic mass is 35.5. The number of rotatable bonds is 5. The first kappa shape index (κ1) is 15.2. The maximum absolute atomic E-state index is 12.4. The minimum Gasteiger partial charge on any atom is -0.492 e. The maximum Gasteiger partial charge on any atom is 0.228 e. The standard InChI is InChI=1S/C16H22ClNO2/c1-16(9-3-4-10-16)15(19)18(2)11-12-20-14-7-5-13(17)6-8-14/h5-8H,3-4,9-12H2,1-2H3. The highest BCUT2D eigenvalue weighted by Gasteiger charge is 2.37. The van der Waals surface area contributed by atoms with Crippen LogP contribution < -0.4 is 4.74 Å². The fourth-order valence-electron chi connectivity index (χ4n) is 2.76. The third-order valence-corrected chi connectivity index (χ3v) is 4.33. The summed E-state index contributed by atoms with van der Waals surface area (Å²) in [6, 6.07) is 7.27. The van der Waals surface area contributed by atoms with Gasteiger partial charge in [0, 0.05) is 17.5 Å². The fourth-order valence-corrected chi connectivity index (χ4v) is 2.89. The molecule has 0 bridgehead atoms. The quantitative estimate of drug-likeness (QED) is 0.828. The minimum absolute atomic E-state index is 0.158. The Labute approximate surface area is 125 Å². The molecule has 4 heteroatoms. The Hall–Kier alpha value is -1.22. The van der Waals surface area contributed by atoms with E-state index in [0.717, 1.165) is 31.4 Å². The van der Waals surface area contributed by atoms with E-state index in [1.807, 2.05) is 19.2 Å². The molecule has 0 atom stereocenters. The van der Waals surface area contributed by atoms with E-state index in [1.165, 1.54) is 0 Å². The molecule has 0 unspecified atom stereocenters. The molecule has 0 aromatic heterocycles. The molecule has 1 aromatic carbocycles.